The molecule has 2 N–H and O–H groups in total. The summed E-state index contributed by atoms with van der Waals surface area (Å²) in [5.74, 6) is 0. The Morgan fingerprint density at radius 2 is 1.88 bits per heavy atom. The number of rotatable bonds is 5. The first-order valence-corrected chi connectivity index (χ1v) is 7.90. The molecule has 2 rings (SSSR count). The van der Waals surface area contributed by atoms with Crippen LogP contribution in [-0.4, -0.2) is 26.7 Å². The molecule has 1 aromatic carbocycles. The van der Waals surface area contributed by atoms with Crippen LogP contribution in [0, 0.1) is 8.99 Å². The number of halogens is 1. The number of aliphatic hydroxyl groups excluding tert-OH is 1. The van der Waals surface area contributed by atoms with Gasteiger partial charge in [-0.1, -0.05) is 0 Å². The van der Waals surface area contributed by atoms with Gasteiger partial charge < -0.3 is 5.11 Å². The molecule has 1 aliphatic rings. The van der Waals surface area contributed by atoms with Crippen molar-refractivity contribution in [3.63, 3.8) is 0 Å². The average molecular weight is 367 g/mol. The highest BCUT2D eigenvalue weighted by atomic mass is 127. The lowest BCUT2D eigenvalue weighted by Crippen LogP contribution is -2.31. The predicted molar refractivity (Wildman–Crippen MR) is 73.1 cm³/mol. The summed E-state index contributed by atoms with van der Waals surface area (Å²) < 4.78 is 27.4. The summed E-state index contributed by atoms with van der Waals surface area (Å²) in [7, 11) is -3.44. The van der Waals surface area contributed by atoms with E-state index < -0.39 is 10.0 Å². The summed E-state index contributed by atoms with van der Waals surface area (Å²) in [6.07, 6.45) is 1.78. The van der Waals surface area contributed by atoms with Gasteiger partial charge in [0.1, 0.15) is 0 Å². The van der Waals surface area contributed by atoms with Gasteiger partial charge in [0.25, 0.3) is 0 Å². The first-order chi connectivity index (χ1) is 7.97. The highest BCUT2D eigenvalue weighted by Crippen LogP contribution is 2.44. The van der Waals surface area contributed by atoms with Gasteiger partial charge in [0, 0.05) is 22.1 Å². The fourth-order valence-electron chi connectivity index (χ4n) is 1.51. The van der Waals surface area contributed by atoms with Gasteiger partial charge in [-0.2, -0.15) is 0 Å². The Morgan fingerprint density at radius 1 is 1.29 bits per heavy atom. The third-order valence-electron chi connectivity index (χ3n) is 3.05. The zero-order valence-corrected chi connectivity index (χ0v) is 12.2. The zero-order valence-electron chi connectivity index (χ0n) is 9.19. The number of sulfonamides is 1. The predicted octanol–water partition coefficient (Wildman–Crippen LogP) is 1.34. The Hall–Kier alpha value is -0.180. The minimum Gasteiger partial charge on any atom is -0.396 e. The second kappa shape index (κ2) is 4.83. The average Bonchev–Trinajstić information content (AvgIpc) is 3.08. The molecule has 0 heterocycles. The monoisotopic (exact) mass is 367 g/mol. The number of hydrogen-bond acceptors (Lipinski definition) is 3. The highest BCUT2D eigenvalue weighted by Gasteiger charge is 2.42. The first kappa shape index (κ1) is 13.3. The fourth-order valence-corrected chi connectivity index (χ4v) is 3.03. The van der Waals surface area contributed by atoms with Crippen molar-refractivity contribution in [3.05, 3.63) is 27.8 Å². The molecule has 0 atom stereocenters. The zero-order chi connectivity index (χ0) is 12.5. The van der Waals surface area contributed by atoms with E-state index in [1.54, 1.807) is 24.3 Å². The van der Waals surface area contributed by atoms with Crippen molar-refractivity contribution in [3.8, 4) is 0 Å². The van der Waals surface area contributed by atoms with Crippen molar-refractivity contribution in [2.24, 2.45) is 5.41 Å². The van der Waals surface area contributed by atoms with E-state index in [0.717, 1.165) is 16.4 Å². The van der Waals surface area contributed by atoms with E-state index in [-0.39, 0.29) is 16.9 Å². The van der Waals surface area contributed by atoms with Gasteiger partial charge in [-0.3, -0.25) is 0 Å². The quantitative estimate of drug-likeness (QED) is 0.772. The maximum atomic E-state index is 11.9. The second-order valence-corrected chi connectivity index (χ2v) is 7.45. The molecule has 0 saturated heterocycles. The van der Waals surface area contributed by atoms with Crippen LogP contribution in [0.1, 0.15) is 12.8 Å². The van der Waals surface area contributed by atoms with Gasteiger partial charge in [-0.25, -0.2) is 13.1 Å². The summed E-state index contributed by atoms with van der Waals surface area (Å²) in [5, 5.41) is 9.12. The molecule has 0 bridgehead atoms. The molecule has 1 fully saturated rings. The second-order valence-electron chi connectivity index (χ2n) is 4.44. The maximum Gasteiger partial charge on any atom is 0.240 e. The van der Waals surface area contributed by atoms with Gasteiger partial charge in [0.05, 0.1) is 4.90 Å². The largest absolute Gasteiger partial charge is 0.396 e. The molecule has 94 valence electrons. The van der Waals surface area contributed by atoms with Gasteiger partial charge in [0.2, 0.25) is 10.0 Å². The van der Waals surface area contributed by atoms with E-state index in [4.69, 9.17) is 5.11 Å². The SMILES string of the molecule is O=S(=O)(NCC1(CO)CC1)c1ccc(I)cc1. The van der Waals surface area contributed by atoms with Crippen LogP contribution >= 0.6 is 22.6 Å². The summed E-state index contributed by atoms with van der Waals surface area (Å²) in [6.45, 7) is 0.361. The van der Waals surface area contributed by atoms with E-state index >= 15 is 0 Å². The van der Waals surface area contributed by atoms with Crippen LogP contribution in [0.25, 0.3) is 0 Å². The van der Waals surface area contributed by atoms with Gasteiger partial charge in [-0.05, 0) is 59.7 Å². The molecular weight excluding hydrogens is 353 g/mol. The molecular formula is C11H14INO3S. The normalized spacial score (nSPS) is 18.0. The van der Waals surface area contributed by atoms with Gasteiger partial charge in [0.15, 0.2) is 0 Å². The lowest BCUT2D eigenvalue weighted by atomic mass is 10.1. The Kier molecular flexibility index (Phi) is 3.77. The van der Waals surface area contributed by atoms with Crippen LogP contribution in [0.3, 0.4) is 0 Å². The fraction of sp³-hybridized carbons (Fsp3) is 0.455. The lowest BCUT2D eigenvalue weighted by molar-refractivity contribution is 0.213. The summed E-state index contributed by atoms with van der Waals surface area (Å²) >= 11 is 2.13. The van der Waals surface area contributed by atoms with E-state index in [9.17, 15) is 8.42 Å². The van der Waals surface area contributed by atoms with Crippen molar-refractivity contribution in [2.45, 2.75) is 17.7 Å². The van der Waals surface area contributed by atoms with Crippen molar-refractivity contribution in [2.75, 3.05) is 13.2 Å². The molecule has 4 nitrogen and oxygen atoms in total. The van der Waals surface area contributed by atoms with Crippen LogP contribution in [-0.2, 0) is 10.0 Å². The maximum absolute atomic E-state index is 11.9. The van der Waals surface area contributed by atoms with Crippen LogP contribution < -0.4 is 4.72 Å². The molecule has 0 spiro atoms. The summed E-state index contributed by atoms with van der Waals surface area (Å²) in [5.41, 5.74) is -0.212. The van der Waals surface area contributed by atoms with Crippen LogP contribution in [0.4, 0.5) is 0 Å². The van der Waals surface area contributed by atoms with E-state index in [0.29, 0.717) is 6.54 Å². The molecule has 0 unspecified atom stereocenters. The smallest absolute Gasteiger partial charge is 0.240 e. The van der Waals surface area contributed by atoms with E-state index in [1.807, 2.05) is 0 Å². The molecule has 0 amide bonds. The number of aliphatic hydroxyl groups is 1. The van der Waals surface area contributed by atoms with Crippen LogP contribution in [0.5, 0.6) is 0 Å². The minimum absolute atomic E-state index is 0.0439. The Labute approximate surface area is 115 Å². The molecule has 0 radical (unpaired) electrons. The number of benzene rings is 1. The molecule has 1 aliphatic carbocycles. The standard InChI is InChI=1S/C11H14INO3S/c12-9-1-3-10(4-2-9)17(15,16)13-7-11(8-14)5-6-11/h1-4,13-14H,5-8H2. The Bertz CT molecular complexity index is 494. The summed E-state index contributed by atoms with van der Waals surface area (Å²) in [6, 6.07) is 6.69. The third-order valence-corrected chi connectivity index (χ3v) is 5.19. The molecule has 0 aromatic heterocycles. The topological polar surface area (TPSA) is 66.4 Å². The molecule has 17 heavy (non-hydrogen) atoms. The Morgan fingerprint density at radius 3 is 2.35 bits per heavy atom. The van der Waals surface area contributed by atoms with Crippen molar-refractivity contribution in [1.29, 1.82) is 0 Å². The Balaban J connectivity index is 2.06. The molecule has 1 aromatic rings. The number of hydrogen-bond donors (Lipinski definition) is 2. The highest BCUT2D eigenvalue weighted by molar-refractivity contribution is 14.1. The summed E-state index contributed by atoms with van der Waals surface area (Å²) in [4.78, 5) is 0.270. The molecule has 0 aliphatic heterocycles. The minimum atomic E-state index is -3.44. The third kappa shape index (κ3) is 3.18. The van der Waals surface area contributed by atoms with Gasteiger partial charge in [-0.15, -0.1) is 0 Å². The first-order valence-electron chi connectivity index (χ1n) is 5.34. The van der Waals surface area contributed by atoms with E-state index in [1.165, 1.54) is 0 Å². The van der Waals surface area contributed by atoms with Crippen LogP contribution in [0.2, 0.25) is 0 Å². The van der Waals surface area contributed by atoms with Crippen LogP contribution in [0.15, 0.2) is 29.2 Å². The number of nitrogens with one attached hydrogen (secondary N) is 1. The van der Waals surface area contributed by atoms with Gasteiger partial charge >= 0.3 is 0 Å². The molecule has 6 heteroatoms. The van der Waals surface area contributed by atoms with Crippen molar-refractivity contribution in [1.82, 2.24) is 4.72 Å². The van der Waals surface area contributed by atoms with E-state index in [2.05, 4.69) is 27.3 Å². The van der Waals surface area contributed by atoms with Crippen molar-refractivity contribution < 1.29 is 13.5 Å². The lowest BCUT2D eigenvalue weighted by Gasteiger charge is -2.13. The molecule has 1 saturated carbocycles. The van der Waals surface area contributed by atoms with Crippen molar-refractivity contribution >= 4 is 32.6 Å².